The van der Waals surface area contributed by atoms with Crippen LogP contribution in [0.5, 0.6) is 0 Å². The van der Waals surface area contributed by atoms with Crippen LogP contribution in [0.25, 0.3) is 10.2 Å². The molecule has 0 saturated carbocycles. The van der Waals surface area contributed by atoms with E-state index in [9.17, 15) is 14.0 Å². The number of amides is 2. The van der Waals surface area contributed by atoms with Crippen molar-refractivity contribution in [2.24, 2.45) is 0 Å². The molecule has 2 amide bonds. The van der Waals surface area contributed by atoms with Gasteiger partial charge in [0.15, 0.2) is 0 Å². The third-order valence-corrected chi connectivity index (χ3v) is 6.29. The summed E-state index contributed by atoms with van der Waals surface area (Å²) in [5, 5.41) is 3.83. The molecule has 2 aromatic heterocycles. The molecular formula is C22H22FN3O3S. The largest absolute Gasteiger partial charge is 0.370 e. The van der Waals surface area contributed by atoms with Crippen molar-refractivity contribution in [3.05, 3.63) is 64.4 Å². The number of thiophene rings is 1. The van der Waals surface area contributed by atoms with Gasteiger partial charge in [-0.15, -0.1) is 11.3 Å². The van der Waals surface area contributed by atoms with E-state index in [1.807, 2.05) is 12.1 Å². The second-order valence-corrected chi connectivity index (χ2v) is 8.16. The Hall–Kier alpha value is -2.84. The summed E-state index contributed by atoms with van der Waals surface area (Å²) in [7, 11) is 0. The Bertz CT molecular complexity index is 1070. The van der Waals surface area contributed by atoms with Crippen molar-refractivity contribution >= 4 is 33.4 Å². The number of aromatic nitrogens is 1. The van der Waals surface area contributed by atoms with E-state index in [0.29, 0.717) is 37.5 Å². The van der Waals surface area contributed by atoms with E-state index >= 15 is 0 Å². The Balaban J connectivity index is 1.55. The lowest BCUT2D eigenvalue weighted by molar-refractivity contribution is -0.136. The van der Waals surface area contributed by atoms with Crippen molar-refractivity contribution < 1.29 is 18.7 Å². The predicted octanol–water partition coefficient (Wildman–Crippen LogP) is 3.33. The standard InChI is InChI=1S/C22H22FN3O3S/c1-14(27)26-11-12-29-18(13-26)19-17-3-2-9-25-22(17)30-20(19)21(28)24-10-8-15-4-6-16(23)7-5-15/h2-7,9,18H,8,10-13H2,1H3,(H,24,28). The van der Waals surface area contributed by atoms with Gasteiger partial charge in [-0.25, -0.2) is 9.37 Å². The molecule has 1 atom stereocenters. The minimum Gasteiger partial charge on any atom is -0.370 e. The Morgan fingerprint density at radius 3 is 2.87 bits per heavy atom. The Labute approximate surface area is 177 Å². The van der Waals surface area contributed by atoms with Crippen molar-refractivity contribution in [3.63, 3.8) is 0 Å². The lowest BCUT2D eigenvalue weighted by Crippen LogP contribution is -2.41. The van der Waals surface area contributed by atoms with Gasteiger partial charge in [0.05, 0.1) is 13.2 Å². The number of rotatable bonds is 5. The van der Waals surface area contributed by atoms with E-state index in [2.05, 4.69) is 10.3 Å². The van der Waals surface area contributed by atoms with Crippen molar-refractivity contribution in [1.29, 1.82) is 0 Å². The fourth-order valence-corrected chi connectivity index (χ4v) is 4.71. The molecule has 1 fully saturated rings. The average Bonchev–Trinajstić information content (AvgIpc) is 3.15. The van der Waals surface area contributed by atoms with Gasteiger partial charge in [-0.2, -0.15) is 0 Å². The molecular weight excluding hydrogens is 405 g/mol. The van der Waals surface area contributed by atoms with Crippen LogP contribution in [0.1, 0.15) is 33.8 Å². The van der Waals surface area contributed by atoms with Gasteiger partial charge in [-0.05, 0) is 30.2 Å². The first kappa shape index (κ1) is 20.4. The normalized spacial score (nSPS) is 16.6. The van der Waals surface area contributed by atoms with Crippen LogP contribution >= 0.6 is 11.3 Å². The molecule has 0 radical (unpaired) electrons. The zero-order valence-electron chi connectivity index (χ0n) is 16.6. The van der Waals surface area contributed by atoms with Gasteiger partial charge in [-0.1, -0.05) is 18.2 Å². The summed E-state index contributed by atoms with van der Waals surface area (Å²) in [6.07, 6.45) is 1.92. The molecule has 4 rings (SSSR count). The van der Waals surface area contributed by atoms with Crippen LogP contribution in [0.4, 0.5) is 4.39 Å². The van der Waals surface area contributed by atoms with Crippen molar-refractivity contribution in [3.8, 4) is 0 Å². The van der Waals surface area contributed by atoms with Gasteiger partial charge in [-0.3, -0.25) is 9.59 Å². The highest BCUT2D eigenvalue weighted by Crippen LogP contribution is 2.37. The smallest absolute Gasteiger partial charge is 0.261 e. The molecule has 1 aliphatic heterocycles. The van der Waals surface area contributed by atoms with E-state index in [-0.39, 0.29) is 23.7 Å². The number of morpholine rings is 1. The zero-order chi connectivity index (χ0) is 21.1. The maximum absolute atomic E-state index is 13.0. The molecule has 1 N–H and O–H groups in total. The second-order valence-electron chi connectivity index (χ2n) is 7.16. The average molecular weight is 428 g/mol. The Morgan fingerprint density at radius 2 is 2.10 bits per heavy atom. The Morgan fingerprint density at radius 1 is 1.30 bits per heavy atom. The molecule has 1 unspecified atom stereocenters. The number of pyridine rings is 1. The SMILES string of the molecule is CC(=O)N1CCOC(c2c(C(=O)NCCc3ccc(F)cc3)sc3ncccc23)C1. The van der Waals surface area contributed by atoms with Crippen molar-refractivity contribution in [1.82, 2.24) is 15.2 Å². The molecule has 8 heteroatoms. The first-order chi connectivity index (χ1) is 14.5. The number of nitrogens with one attached hydrogen (secondary N) is 1. The van der Waals surface area contributed by atoms with Crippen LogP contribution in [0.15, 0.2) is 42.6 Å². The highest BCUT2D eigenvalue weighted by molar-refractivity contribution is 7.20. The van der Waals surface area contributed by atoms with E-state index in [1.165, 1.54) is 23.5 Å². The number of halogens is 1. The summed E-state index contributed by atoms with van der Waals surface area (Å²) in [5.74, 6) is -0.484. The van der Waals surface area contributed by atoms with Crippen molar-refractivity contribution in [2.45, 2.75) is 19.4 Å². The minimum atomic E-state index is -0.376. The number of fused-ring (bicyclic) bond motifs is 1. The first-order valence-corrected chi connectivity index (χ1v) is 10.6. The summed E-state index contributed by atoms with van der Waals surface area (Å²) in [5.41, 5.74) is 1.73. The maximum Gasteiger partial charge on any atom is 0.261 e. The third-order valence-electron chi connectivity index (χ3n) is 5.16. The molecule has 1 aliphatic rings. The lowest BCUT2D eigenvalue weighted by atomic mass is 10.0. The first-order valence-electron chi connectivity index (χ1n) is 9.80. The molecule has 156 valence electrons. The van der Waals surface area contributed by atoms with Gasteiger partial charge in [0.2, 0.25) is 5.91 Å². The third kappa shape index (κ3) is 4.34. The maximum atomic E-state index is 13.0. The highest BCUT2D eigenvalue weighted by Gasteiger charge is 2.30. The van der Waals surface area contributed by atoms with E-state index in [0.717, 1.165) is 21.3 Å². The van der Waals surface area contributed by atoms with E-state index < -0.39 is 0 Å². The van der Waals surface area contributed by atoms with E-state index in [4.69, 9.17) is 4.74 Å². The quantitative estimate of drug-likeness (QED) is 0.678. The number of ether oxygens (including phenoxy) is 1. The zero-order valence-corrected chi connectivity index (χ0v) is 17.4. The van der Waals surface area contributed by atoms with Gasteiger partial charge in [0.1, 0.15) is 21.6 Å². The minimum absolute atomic E-state index is 0.00809. The molecule has 3 aromatic rings. The highest BCUT2D eigenvalue weighted by atomic mass is 32.1. The van der Waals surface area contributed by atoms with Gasteiger partial charge >= 0.3 is 0 Å². The van der Waals surface area contributed by atoms with Crippen LogP contribution in [-0.4, -0.2) is 47.9 Å². The predicted molar refractivity (Wildman–Crippen MR) is 113 cm³/mol. The number of nitrogens with zero attached hydrogens (tertiary/aromatic N) is 2. The topological polar surface area (TPSA) is 71.5 Å². The number of hydrogen-bond donors (Lipinski definition) is 1. The molecule has 3 heterocycles. The summed E-state index contributed by atoms with van der Waals surface area (Å²) in [6, 6.07) is 10.0. The van der Waals surface area contributed by atoms with Crippen molar-refractivity contribution in [2.75, 3.05) is 26.2 Å². The van der Waals surface area contributed by atoms with Gasteiger partial charge in [0.25, 0.3) is 5.91 Å². The second kappa shape index (κ2) is 8.89. The summed E-state index contributed by atoms with van der Waals surface area (Å²) >= 11 is 1.33. The fraction of sp³-hybridized carbons (Fsp3) is 0.318. The molecule has 0 bridgehead atoms. The fourth-order valence-electron chi connectivity index (χ4n) is 3.60. The molecule has 1 aromatic carbocycles. The van der Waals surface area contributed by atoms with E-state index in [1.54, 1.807) is 30.2 Å². The van der Waals surface area contributed by atoms with Gasteiger partial charge < -0.3 is 15.0 Å². The Kier molecular flexibility index (Phi) is 6.06. The summed E-state index contributed by atoms with van der Waals surface area (Å²) < 4.78 is 19.0. The van der Waals surface area contributed by atoms with Crippen LogP contribution < -0.4 is 5.32 Å². The molecule has 0 spiro atoms. The summed E-state index contributed by atoms with van der Waals surface area (Å²) in [4.78, 5) is 32.3. The van der Waals surface area contributed by atoms with Crippen LogP contribution in [0.3, 0.4) is 0 Å². The van der Waals surface area contributed by atoms with Crippen LogP contribution in [0.2, 0.25) is 0 Å². The number of carbonyl (C=O) groups is 2. The van der Waals surface area contributed by atoms with Crippen LogP contribution in [0, 0.1) is 5.82 Å². The molecule has 6 nitrogen and oxygen atoms in total. The molecule has 0 aliphatic carbocycles. The molecule has 30 heavy (non-hydrogen) atoms. The number of benzene rings is 1. The monoisotopic (exact) mass is 427 g/mol. The number of carbonyl (C=O) groups excluding carboxylic acids is 2. The van der Waals surface area contributed by atoms with Gasteiger partial charge in [0, 0.05) is 37.2 Å². The lowest BCUT2D eigenvalue weighted by Gasteiger charge is -2.32. The summed E-state index contributed by atoms with van der Waals surface area (Å²) in [6.45, 7) is 3.35. The van der Waals surface area contributed by atoms with Crippen LogP contribution in [-0.2, 0) is 16.0 Å². The number of hydrogen-bond acceptors (Lipinski definition) is 5. The molecule has 1 saturated heterocycles.